The van der Waals surface area contributed by atoms with Gasteiger partial charge in [0, 0.05) is 38.4 Å². The molecule has 5 nitrogen and oxygen atoms in total. The van der Waals surface area contributed by atoms with E-state index in [0.717, 1.165) is 37.7 Å². The van der Waals surface area contributed by atoms with E-state index >= 15 is 0 Å². The maximum atomic E-state index is 10.2. The van der Waals surface area contributed by atoms with Crippen molar-refractivity contribution in [1.29, 1.82) is 0 Å². The van der Waals surface area contributed by atoms with Crippen molar-refractivity contribution in [3.05, 3.63) is 54.6 Å². The molecule has 142 valence electrons. The summed E-state index contributed by atoms with van der Waals surface area (Å²) in [4.78, 5) is 4.68. The van der Waals surface area contributed by atoms with Crippen LogP contribution in [0.2, 0.25) is 0 Å². The average molecular weight is 379 g/mol. The van der Waals surface area contributed by atoms with Gasteiger partial charge in [0.15, 0.2) is 0 Å². The number of piperazine rings is 1. The predicted molar refractivity (Wildman–Crippen MR) is 107 cm³/mol. The van der Waals surface area contributed by atoms with E-state index in [1.54, 1.807) is 7.11 Å². The molecule has 1 aliphatic rings. The molecule has 2 aromatic rings. The number of hydrogen-bond donors (Lipinski definition) is 1. The van der Waals surface area contributed by atoms with Crippen molar-refractivity contribution < 1.29 is 14.6 Å². The SMILES string of the molecule is COc1ccc(OCC(O)CN2CCN(c3ccccc3)CC2)cc1.Cl. The van der Waals surface area contributed by atoms with E-state index < -0.39 is 6.10 Å². The molecule has 0 spiro atoms. The second-order valence-corrected chi connectivity index (χ2v) is 6.26. The number of methoxy groups -OCH3 is 1. The summed E-state index contributed by atoms with van der Waals surface area (Å²) < 4.78 is 10.8. The minimum atomic E-state index is -0.495. The van der Waals surface area contributed by atoms with Crippen LogP contribution in [0.4, 0.5) is 5.69 Å². The Labute approximate surface area is 161 Å². The largest absolute Gasteiger partial charge is 0.497 e. The van der Waals surface area contributed by atoms with Crippen LogP contribution in [-0.2, 0) is 0 Å². The highest BCUT2D eigenvalue weighted by atomic mass is 35.5. The van der Waals surface area contributed by atoms with Crippen LogP contribution in [0.3, 0.4) is 0 Å². The molecular formula is C20H27ClN2O3. The summed E-state index contributed by atoms with van der Waals surface area (Å²) in [6, 6.07) is 17.9. The number of nitrogens with zero attached hydrogens (tertiary/aromatic N) is 2. The van der Waals surface area contributed by atoms with E-state index in [9.17, 15) is 5.11 Å². The predicted octanol–water partition coefficient (Wildman–Crippen LogP) is 2.68. The van der Waals surface area contributed by atoms with Gasteiger partial charge < -0.3 is 19.5 Å². The van der Waals surface area contributed by atoms with E-state index in [2.05, 4.69) is 34.1 Å². The van der Waals surface area contributed by atoms with Crippen LogP contribution in [0.5, 0.6) is 11.5 Å². The summed E-state index contributed by atoms with van der Waals surface area (Å²) in [7, 11) is 1.64. The lowest BCUT2D eigenvalue weighted by Gasteiger charge is -2.36. The number of benzene rings is 2. The van der Waals surface area contributed by atoms with Gasteiger partial charge in [-0.25, -0.2) is 0 Å². The highest BCUT2D eigenvalue weighted by Crippen LogP contribution is 2.18. The van der Waals surface area contributed by atoms with Crippen LogP contribution in [0.1, 0.15) is 0 Å². The van der Waals surface area contributed by atoms with Crippen molar-refractivity contribution in [1.82, 2.24) is 4.90 Å². The van der Waals surface area contributed by atoms with E-state index in [1.165, 1.54) is 5.69 Å². The number of aliphatic hydroxyl groups is 1. The first kappa shape index (κ1) is 20.4. The van der Waals surface area contributed by atoms with Crippen molar-refractivity contribution in [2.24, 2.45) is 0 Å². The minimum absolute atomic E-state index is 0. The third-order valence-electron chi connectivity index (χ3n) is 4.46. The summed E-state index contributed by atoms with van der Waals surface area (Å²) in [5.41, 5.74) is 1.27. The molecule has 1 saturated heterocycles. The lowest BCUT2D eigenvalue weighted by atomic mass is 10.2. The summed E-state index contributed by atoms with van der Waals surface area (Å²) in [5.74, 6) is 1.54. The van der Waals surface area contributed by atoms with Crippen LogP contribution in [0.15, 0.2) is 54.6 Å². The van der Waals surface area contributed by atoms with Gasteiger partial charge in [-0.1, -0.05) is 18.2 Å². The normalized spacial score (nSPS) is 15.8. The summed E-state index contributed by atoms with van der Waals surface area (Å²) >= 11 is 0. The molecule has 1 heterocycles. The fourth-order valence-electron chi connectivity index (χ4n) is 3.04. The lowest BCUT2D eigenvalue weighted by molar-refractivity contribution is 0.0663. The number of aliphatic hydroxyl groups excluding tert-OH is 1. The number of halogens is 1. The first-order chi connectivity index (χ1) is 12.2. The molecule has 1 aliphatic heterocycles. The smallest absolute Gasteiger partial charge is 0.119 e. The highest BCUT2D eigenvalue weighted by Gasteiger charge is 2.19. The van der Waals surface area contributed by atoms with Gasteiger partial charge in [-0.3, -0.25) is 4.90 Å². The van der Waals surface area contributed by atoms with Crippen LogP contribution in [0.25, 0.3) is 0 Å². The van der Waals surface area contributed by atoms with Crippen molar-refractivity contribution >= 4 is 18.1 Å². The molecule has 1 N–H and O–H groups in total. The molecule has 0 saturated carbocycles. The lowest BCUT2D eigenvalue weighted by Crippen LogP contribution is -2.49. The Bertz CT molecular complexity index is 631. The molecular weight excluding hydrogens is 352 g/mol. The molecule has 1 fully saturated rings. The van der Waals surface area contributed by atoms with Gasteiger partial charge in [0.2, 0.25) is 0 Å². The number of ether oxygens (including phenoxy) is 2. The van der Waals surface area contributed by atoms with E-state index in [1.807, 2.05) is 30.3 Å². The maximum Gasteiger partial charge on any atom is 0.119 e. The Morgan fingerprint density at radius 2 is 1.54 bits per heavy atom. The molecule has 6 heteroatoms. The summed E-state index contributed by atoms with van der Waals surface area (Å²) in [6.45, 7) is 4.80. The van der Waals surface area contributed by atoms with Gasteiger partial charge in [0.25, 0.3) is 0 Å². The highest BCUT2D eigenvalue weighted by molar-refractivity contribution is 5.85. The average Bonchev–Trinajstić information content (AvgIpc) is 2.68. The zero-order chi connectivity index (χ0) is 17.5. The second kappa shape index (κ2) is 10.3. The first-order valence-electron chi connectivity index (χ1n) is 8.72. The number of para-hydroxylation sites is 1. The van der Waals surface area contributed by atoms with E-state index in [0.29, 0.717) is 13.2 Å². The van der Waals surface area contributed by atoms with Gasteiger partial charge in [-0.05, 0) is 36.4 Å². The molecule has 0 amide bonds. The van der Waals surface area contributed by atoms with Crippen LogP contribution < -0.4 is 14.4 Å². The van der Waals surface area contributed by atoms with Gasteiger partial charge in [-0.15, -0.1) is 12.4 Å². The number of anilines is 1. The van der Waals surface area contributed by atoms with Crippen molar-refractivity contribution in [3.8, 4) is 11.5 Å². The van der Waals surface area contributed by atoms with Crippen molar-refractivity contribution in [3.63, 3.8) is 0 Å². The fraction of sp³-hybridized carbons (Fsp3) is 0.400. The number of β-amino-alcohol motifs (C(OH)–C–C–N with tert-alkyl or cyclic N) is 1. The monoisotopic (exact) mass is 378 g/mol. The Kier molecular flexibility index (Phi) is 8.04. The summed E-state index contributed by atoms with van der Waals surface area (Å²) in [6.07, 6.45) is -0.495. The Balaban J connectivity index is 0.00000243. The molecule has 0 aromatic heterocycles. The molecule has 1 atom stereocenters. The third kappa shape index (κ3) is 5.80. The minimum Gasteiger partial charge on any atom is -0.497 e. The molecule has 0 bridgehead atoms. The maximum absolute atomic E-state index is 10.2. The Morgan fingerprint density at radius 3 is 2.15 bits per heavy atom. The molecule has 1 unspecified atom stereocenters. The molecule has 3 rings (SSSR count). The molecule has 0 radical (unpaired) electrons. The van der Waals surface area contributed by atoms with Crippen LogP contribution in [0, 0.1) is 0 Å². The topological polar surface area (TPSA) is 45.2 Å². The van der Waals surface area contributed by atoms with Gasteiger partial charge in [-0.2, -0.15) is 0 Å². The fourth-order valence-corrected chi connectivity index (χ4v) is 3.04. The van der Waals surface area contributed by atoms with Gasteiger partial charge in [0.05, 0.1) is 7.11 Å². The quantitative estimate of drug-likeness (QED) is 0.802. The van der Waals surface area contributed by atoms with Crippen LogP contribution in [-0.4, -0.2) is 62.6 Å². The van der Waals surface area contributed by atoms with Crippen molar-refractivity contribution in [2.45, 2.75) is 6.10 Å². The van der Waals surface area contributed by atoms with E-state index in [4.69, 9.17) is 9.47 Å². The third-order valence-corrected chi connectivity index (χ3v) is 4.46. The van der Waals surface area contributed by atoms with E-state index in [-0.39, 0.29) is 12.4 Å². The summed E-state index contributed by atoms with van der Waals surface area (Å²) in [5, 5.41) is 10.2. The number of hydrogen-bond acceptors (Lipinski definition) is 5. The molecule has 0 aliphatic carbocycles. The standard InChI is InChI=1S/C20H26N2O3.ClH/c1-24-19-7-9-20(10-8-19)25-16-18(23)15-21-11-13-22(14-12-21)17-5-3-2-4-6-17;/h2-10,18,23H,11-16H2,1H3;1H. The van der Waals surface area contributed by atoms with Crippen molar-refractivity contribution in [2.75, 3.05) is 51.3 Å². The molecule has 26 heavy (non-hydrogen) atoms. The molecule has 2 aromatic carbocycles. The van der Waals surface area contributed by atoms with Gasteiger partial charge >= 0.3 is 0 Å². The Hall–Kier alpha value is -1.95. The zero-order valence-electron chi connectivity index (χ0n) is 15.1. The second-order valence-electron chi connectivity index (χ2n) is 6.26. The Morgan fingerprint density at radius 1 is 0.923 bits per heavy atom. The number of rotatable bonds is 7. The first-order valence-corrected chi connectivity index (χ1v) is 8.72. The van der Waals surface area contributed by atoms with Gasteiger partial charge in [0.1, 0.15) is 24.2 Å². The van der Waals surface area contributed by atoms with Crippen LogP contribution >= 0.6 is 12.4 Å². The zero-order valence-corrected chi connectivity index (χ0v) is 15.9.